The van der Waals surface area contributed by atoms with Crippen LogP contribution in [0.4, 0.5) is 15.8 Å². The van der Waals surface area contributed by atoms with Crippen LogP contribution in [0.3, 0.4) is 0 Å². The average Bonchev–Trinajstić information content (AvgIpc) is 4.07. The van der Waals surface area contributed by atoms with E-state index >= 15 is 0 Å². The molecule has 4 aromatic heterocycles. The second-order valence-electron chi connectivity index (χ2n) is 14.4. The minimum atomic E-state index is -0.252. The van der Waals surface area contributed by atoms with Crippen molar-refractivity contribution in [3.05, 3.63) is 158 Å². The second-order valence-corrected chi connectivity index (χ2v) is 14.4. The molecule has 0 radical (unpaired) electrons. The number of benzene rings is 6. The molecule has 280 valence electrons. The maximum absolute atomic E-state index is 14.2. The first-order chi connectivity index (χ1) is 28.1. The van der Waals surface area contributed by atoms with Crippen molar-refractivity contribution >= 4 is 55.0 Å². The zero-order valence-corrected chi connectivity index (χ0v) is 31.1. The Morgan fingerprint density at radius 2 is 1.42 bits per heavy atom. The zero-order chi connectivity index (χ0) is 38.1. The molecule has 0 bridgehead atoms. The van der Waals surface area contributed by atoms with Crippen molar-refractivity contribution in [3.8, 4) is 22.5 Å². The van der Waals surface area contributed by atoms with Crippen LogP contribution in [-0.4, -0.2) is 52.6 Å². The minimum Gasteiger partial charge on any atom is -0.383 e. The molecular weight excluding hydrogens is 712 g/mol. The molecule has 6 aromatic carbocycles. The van der Waals surface area contributed by atoms with Crippen LogP contribution in [-0.2, 0) is 19.6 Å². The van der Waals surface area contributed by atoms with Crippen molar-refractivity contribution in [2.45, 2.75) is 26.1 Å². The third kappa shape index (κ3) is 6.95. The normalized spacial score (nSPS) is 11.7. The van der Waals surface area contributed by atoms with Crippen LogP contribution >= 0.6 is 0 Å². The third-order valence-electron chi connectivity index (χ3n) is 10.7. The Kier molecular flexibility index (Phi) is 8.86. The van der Waals surface area contributed by atoms with Crippen LogP contribution in [0.2, 0.25) is 0 Å². The van der Waals surface area contributed by atoms with Gasteiger partial charge in [0, 0.05) is 92.3 Å². The largest absolute Gasteiger partial charge is 0.383 e. The fraction of sp³-hybridized carbons (Fsp3) is 0.130. The molecule has 0 aliphatic carbocycles. The van der Waals surface area contributed by atoms with Crippen molar-refractivity contribution in [2.75, 3.05) is 23.3 Å². The van der Waals surface area contributed by atoms with E-state index in [0.717, 1.165) is 86.7 Å². The summed E-state index contributed by atoms with van der Waals surface area (Å²) in [4.78, 5) is 18.3. The van der Waals surface area contributed by atoms with Crippen molar-refractivity contribution in [1.82, 2.24) is 39.5 Å². The van der Waals surface area contributed by atoms with Gasteiger partial charge in [-0.2, -0.15) is 10.2 Å². The molecule has 0 saturated carbocycles. The molecule has 11 heteroatoms. The smallest absolute Gasteiger partial charge is 0.181 e. The lowest BCUT2D eigenvalue weighted by molar-refractivity contribution is 0.567. The van der Waals surface area contributed by atoms with Gasteiger partial charge in [-0.25, -0.2) is 14.4 Å². The molecule has 4 heterocycles. The van der Waals surface area contributed by atoms with Gasteiger partial charge in [0.25, 0.3) is 0 Å². The number of aryl methyl sites for hydroxylation is 1. The number of hydrogen-bond donors (Lipinski definition) is 3. The molecule has 0 fully saturated rings. The first kappa shape index (κ1) is 34.2. The highest BCUT2D eigenvalue weighted by molar-refractivity contribution is 6.11. The summed E-state index contributed by atoms with van der Waals surface area (Å²) in [6.07, 6.45) is 6.08. The summed E-state index contributed by atoms with van der Waals surface area (Å²) in [5.41, 5.74) is 10.5. The highest BCUT2D eigenvalue weighted by Gasteiger charge is 2.15. The summed E-state index contributed by atoms with van der Waals surface area (Å²) in [5.74, 6) is 0.419. The number of rotatable bonds is 13. The summed E-state index contributed by atoms with van der Waals surface area (Å²) in [7, 11) is 0. The van der Waals surface area contributed by atoms with E-state index in [2.05, 4.69) is 121 Å². The minimum absolute atomic E-state index is 0.252. The maximum atomic E-state index is 14.2. The monoisotopic (exact) mass is 750 g/mol. The van der Waals surface area contributed by atoms with Gasteiger partial charge in [-0.3, -0.25) is 9.36 Å². The fourth-order valence-corrected chi connectivity index (χ4v) is 7.86. The van der Waals surface area contributed by atoms with Gasteiger partial charge in [-0.05, 0) is 72.1 Å². The second kappa shape index (κ2) is 14.8. The van der Waals surface area contributed by atoms with E-state index in [0.29, 0.717) is 18.9 Å². The third-order valence-corrected chi connectivity index (χ3v) is 10.7. The summed E-state index contributed by atoms with van der Waals surface area (Å²) in [6, 6.07) is 43.1. The van der Waals surface area contributed by atoms with Gasteiger partial charge in [-0.1, -0.05) is 72.8 Å². The molecule has 0 aliphatic rings. The number of H-pyrrole nitrogens is 2. The molecule has 3 N–H and O–H groups in total. The predicted octanol–water partition coefficient (Wildman–Crippen LogP) is 9.82. The van der Waals surface area contributed by atoms with Crippen molar-refractivity contribution in [3.63, 3.8) is 0 Å². The van der Waals surface area contributed by atoms with Gasteiger partial charge in [0.05, 0.1) is 6.54 Å². The van der Waals surface area contributed by atoms with Gasteiger partial charge in [-0.15, -0.1) is 0 Å². The number of nitrogens with one attached hydrogen (secondary N) is 3. The van der Waals surface area contributed by atoms with Crippen LogP contribution in [0.5, 0.6) is 0 Å². The zero-order valence-electron chi connectivity index (χ0n) is 31.1. The Balaban J connectivity index is 0.874. The van der Waals surface area contributed by atoms with Crippen molar-refractivity contribution in [2.24, 2.45) is 0 Å². The van der Waals surface area contributed by atoms with Gasteiger partial charge in [0.2, 0.25) is 0 Å². The van der Waals surface area contributed by atoms with Crippen LogP contribution < -0.4 is 10.2 Å². The van der Waals surface area contributed by atoms with E-state index in [9.17, 15) is 4.39 Å². The lowest BCUT2D eigenvalue weighted by Crippen LogP contribution is -2.25. The van der Waals surface area contributed by atoms with Crippen LogP contribution in [0.1, 0.15) is 12.0 Å². The Morgan fingerprint density at radius 1 is 0.649 bits per heavy atom. The molecule has 57 heavy (non-hydrogen) atoms. The van der Waals surface area contributed by atoms with Crippen LogP contribution in [0.25, 0.3) is 66.1 Å². The maximum Gasteiger partial charge on any atom is 0.181 e. The summed E-state index contributed by atoms with van der Waals surface area (Å²) >= 11 is 0. The van der Waals surface area contributed by atoms with E-state index in [4.69, 9.17) is 10.1 Å². The Hall–Kier alpha value is -7.27. The number of halogens is 1. The van der Waals surface area contributed by atoms with E-state index in [1.807, 2.05) is 27.6 Å². The van der Waals surface area contributed by atoms with E-state index < -0.39 is 0 Å². The predicted molar refractivity (Wildman–Crippen MR) is 227 cm³/mol. The number of hydrogen-bond acceptors (Lipinski definition) is 6. The van der Waals surface area contributed by atoms with Gasteiger partial charge in [0.1, 0.15) is 24.8 Å². The molecule has 0 saturated heterocycles. The topological polar surface area (TPSA) is 108 Å². The lowest BCUT2D eigenvalue weighted by Gasteiger charge is -2.25. The molecule has 10 nitrogen and oxygen atoms in total. The number of aromatic amines is 2. The molecular formula is C46H39FN10. The highest BCUT2D eigenvalue weighted by atomic mass is 19.1. The molecule has 0 atom stereocenters. The number of anilines is 2. The SMILES string of the molecule is Fc1ccc2[nH]c3cc(-c4ccccc4)c(NCCn4cnc(-c5ccc6c(c5)[nH]c5ccc(N(CCCn7cncn7)Cc7ccccc7)cc56)n4)cc3c2c1. The first-order valence-electron chi connectivity index (χ1n) is 19.2. The van der Waals surface area contributed by atoms with E-state index in [1.165, 1.54) is 22.7 Å². The fourth-order valence-electron chi connectivity index (χ4n) is 7.86. The molecule has 10 aromatic rings. The number of nitrogens with zero attached hydrogens (tertiary/aromatic N) is 7. The summed E-state index contributed by atoms with van der Waals surface area (Å²) in [6.45, 7) is 3.73. The number of aromatic nitrogens is 8. The van der Waals surface area contributed by atoms with Gasteiger partial charge >= 0.3 is 0 Å². The Labute approximate surface area is 327 Å². The first-order valence-corrected chi connectivity index (χ1v) is 19.2. The quantitative estimate of drug-likeness (QED) is 0.108. The van der Waals surface area contributed by atoms with Gasteiger partial charge in [0.15, 0.2) is 5.82 Å². The Morgan fingerprint density at radius 3 is 2.25 bits per heavy atom. The Bertz CT molecular complexity index is 2970. The van der Waals surface area contributed by atoms with Crippen LogP contribution in [0, 0.1) is 5.82 Å². The molecule has 0 spiro atoms. The molecule has 0 aliphatic heterocycles. The van der Waals surface area contributed by atoms with E-state index in [-0.39, 0.29) is 5.82 Å². The molecule has 10 rings (SSSR count). The van der Waals surface area contributed by atoms with Crippen molar-refractivity contribution in [1.29, 1.82) is 0 Å². The standard InChI is InChI=1S/C46H39FN10/c47-34-13-16-41-38(23-34)40-26-43(37(25-45(40)53-41)32-10-5-2-6-11-32)49-18-21-57-30-50-46(54-57)33-12-15-36-39-24-35(14-17-42(39)52-44(36)22-33)55(27-31-8-3-1-4-9-31)19-7-20-56-29-48-28-51-56/h1-6,8-17,22-26,28-30,49,52-53H,7,18-21,27H2. The van der Waals surface area contributed by atoms with Crippen LogP contribution in [0.15, 0.2) is 146 Å². The lowest BCUT2D eigenvalue weighted by atomic mass is 10.0. The average molecular weight is 751 g/mol. The number of fused-ring (bicyclic) bond motifs is 6. The summed E-state index contributed by atoms with van der Waals surface area (Å²) < 4.78 is 18.0. The summed E-state index contributed by atoms with van der Waals surface area (Å²) in [5, 5.41) is 17.0. The van der Waals surface area contributed by atoms with Crippen molar-refractivity contribution < 1.29 is 4.39 Å². The van der Waals surface area contributed by atoms with E-state index in [1.54, 1.807) is 31.1 Å². The van der Waals surface area contributed by atoms with Gasteiger partial charge < -0.3 is 20.2 Å². The molecule has 0 unspecified atom stereocenters. The molecule has 0 amide bonds. The highest BCUT2D eigenvalue weighted by Crippen LogP contribution is 2.36.